The van der Waals surface area contributed by atoms with Gasteiger partial charge in [-0.3, -0.25) is 19.6 Å². The Hall–Kier alpha value is -3.17. The number of rotatable bonds is 7. The Labute approximate surface area is 193 Å². The van der Waals surface area contributed by atoms with E-state index in [0.717, 1.165) is 19.6 Å². The summed E-state index contributed by atoms with van der Waals surface area (Å²) in [5.74, 6) is -0.985. The number of aromatic nitrogens is 2. The number of likely N-dealkylation sites (tertiary alicyclic amines) is 1. The Morgan fingerprint density at radius 2 is 1.94 bits per heavy atom. The molecule has 2 N–H and O–H groups in total. The molecule has 2 fully saturated rings. The molecule has 9 heteroatoms. The van der Waals surface area contributed by atoms with Gasteiger partial charge in [-0.25, -0.2) is 0 Å². The number of hydrogen-bond acceptors (Lipinski definition) is 7. The van der Waals surface area contributed by atoms with Crippen LogP contribution in [-0.2, 0) is 14.3 Å². The van der Waals surface area contributed by atoms with Gasteiger partial charge in [0.1, 0.15) is 11.5 Å². The minimum Gasteiger partial charge on any atom is -0.507 e. The first-order valence-electron chi connectivity index (χ1n) is 11.2. The van der Waals surface area contributed by atoms with Gasteiger partial charge in [0.25, 0.3) is 11.7 Å². The molecule has 2 aromatic rings. The van der Waals surface area contributed by atoms with E-state index in [1.165, 1.54) is 0 Å². The summed E-state index contributed by atoms with van der Waals surface area (Å²) in [6, 6.07) is 6.53. The highest BCUT2D eigenvalue weighted by atomic mass is 16.5. The van der Waals surface area contributed by atoms with Gasteiger partial charge in [-0.2, -0.15) is 5.10 Å². The van der Waals surface area contributed by atoms with Crippen LogP contribution in [0.15, 0.2) is 29.8 Å². The molecule has 0 saturated carbocycles. The van der Waals surface area contributed by atoms with Gasteiger partial charge in [0.05, 0.1) is 43.2 Å². The number of hydrogen-bond donors (Lipinski definition) is 2. The molecule has 0 bridgehead atoms. The highest BCUT2D eigenvalue weighted by Crippen LogP contribution is 2.43. The molecule has 9 nitrogen and oxygen atoms in total. The minimum atomic E-state index is -0.750. The molecule has 2 aliphatic rings. The van der Waals surface area contributed by atoms with Crippen LogP contribution >= 0.6 is 0 Å². The third-order valence-corrected chi connectivity index (χ3v) is 6.32. The first kappa shape index (κ1) is 23.0. The number of morpholine rings is 1. The molecule has 0 spiro atoms. The number of para-hydroxylation sites is 1. The molecule has 2 aliphatic heterocycles. The van der Waals surface area contributed by atoms with E-state index in [-0.39, 0.29) is 11.3 Å². The number of benzene rings is 1. The van der Waals surface area contributed by atoms with Crippen LogP contribution in [0.3, 0.4) is 0 Å². The summed E-state index contributed by atoms with van der Waals surface area (Å²) in [6.07, 6.45) is 0.697. The zero-order chi connectivity index (χ0) is 23.5. The Balaban J connectivity index is 1.73. The van der Waals surface area contributed by atoms with Gasteiger partial charge < -0.3 is 19.5 Å². The van der Waals surface area contributed by atoms with Crippen molar-refractivity contribution in [1.29, 1.82) is 0 Å². The number of H-pyrrole nitrogens is 1. The second kappa shape index (κ2) is 9.76. The minimum absolute atomic E-state index is 0.0588. The lowest BCUT2D eigenvalue weighted by atomic mass is 9.94. The molecule has 176 valence electrons. The fourth-order valence-electron chi connectivity index (χ4n) is 4.65. The van der Waals surface area contributed by atoms with E-state index in [1.807, 2.05) is 18.2 Å². The fraction of sp³-hybridized carbons (Fsp3) is 0.458. The van der Waals surface area contributed by atoms with Gasteiger partial charge in [0.15, 0.2) is 0 Å². The first-order chi connectivity index (χ1) is 15.9. The summed E-state index contributed by atoms with van der Waals surface area (Å²) in [7, 11) is 1.55. The van der Waals surface area contributed by atoms with E-state index in [2.05, 4.69) is 15.1 Å². The summed E-state index contributed by atoms with van der Waals surface area (Å²) >= 11 is 0. The maximum Gasteiger partial charge on any atom is 0.295 e. The average Bonchev–Trinajstić information content (AvgIpc) is 3.29. The third kappa shape index (κ3) is 4.38. The van der Waals surface area contributed by atoms with Crippen molar-refractivity contribution in [3.63, 3.8) is 0 Å². The van der Waals surface area contributed by atoms with Crippen LogP contribution in [0.1, 0.15) is 35.0 Å². The van der Waals surface area contributed by atoms with Gasteiger partial charge in [0, 0.05) is 37.4 Å². The normalized spacial score (nSPS) is 21.1. The van der Waals surface area contributed by atoms with Gasteiger partial charge in [0.2, 0.25) is 0 Å². The topological polar surface area (TPSA) is 108 Å². The SMILES string of the molecule is COc1ccccc1[C@H]1C(=C(O)c2c(C)n[nH]c2C)C(=O)C(=O)N1CCCN1CCOCC1. The fourth-order valence-corrected chi connectivity index (χ4v) is 4.65. The van der Waals surface area contributed by atoms with Crippen molar-refractivity contribution in [3.05, 3.63) is 52.4 Å². The van der Waals surface area contributed by atoms with E-state index in [0.29, 0.717) is 54.4 Å². The summed E-state index contributed by atoms with van der Waals surface area (Å²) in [5.41, 5.74) is 2.35. The number of nitrogens with one attached hydrogen (secondary N) is 1. The Kier molecular flexibility index (Phi) is 6.80. The number of carbonyl (C=O) groups is 2. The number of Topliss-reactive ketones (excluding diaryl/α,β-unsaturated/α-hetero) is 1. The largest absolute Gasteiger partial charge is 0.507 e. The van der Waals surface area contributed by atoms with Crippen molar-refractivity contribution >= 4 is 17.4 Å². The molecule has 1 aromatic heterocycles. The van der Waals surface area contributed by atoms with Crippen LogP contribution in [0.2, 0.25) is 0 Å². The number of aryl methyl sites for hydroxylation is 2. The van der Waals surface area contributed by atoms with E-state index < -0.39 is 17.7 Å². The van der Waals surface area contributed by atoms with E-state index >= 15 is 0 Å². The molecule has 3 heterocycles. The first-order valence-corrected chi connectivity index (χ1v) is 11.2. The lowest BCUT2D eigenvalue weighted by molar-refractivity contribution is -0.140. The zero-order valence-electron chi connectivity index (χ0n) is 19.3. The number of carbonyl (C=O) groups excluding carboxylic acids is 2. The Bertz CT molecular complexity index is 1050. The van der Waals surface area contributed by atoms with Gasteiger partial charge in [-0.05, 0) is 26.3 Å². The molecular formula is C24H30N4O5. The standard InChI is InChI=1S/C24H30N4O5/c1-15-19(16(2)26-25-15)22(29)20-21(17-7-4-5-8-18(17)32-3)28(24(31)23(20)30)10-6-9-27-11-13-33-14-12-27/h4-5,7-8,21,29H,6,9-14H2,1-3H3,(H,25,26)/t21-/m0/s1. The Morgan fingerprint density at radius 3 is 2.61 bits per heavy atom. The quantitative estimate of drug-likeness (QED) is 0.375. The number of aliphatic hydroxyl groups excluding tert-OH is 1. The monoisotopic (exact) mass is 454 g/mol. The van der Waals surface area contributed by atoms with Gasteiger partial charge in [-0.15, -0.1) is 0 Å². The number of ether oxygens (including phenoxy) is 2. The lowest BCUT2D eigenvalue weighted by Gasteiger charge is -2.29. The lowest BCUT2D eigenvalue weighted by Crippen LogP contribution is -2.39. The molecule has 1 aromatic carbocycles. The van der Waals surface area contributed by atoms with Crippen molar-refractivity contribution in [2.24, 2.45) is 0 Å². The highest BCUT2D eigenvalue weighted by Gasteiger charge is 2.47. The predicted molar refractivity (Wildman–Crippen MR) is 122 cm³/mol. The maximum atomic E-state index is 13.2. The summed E-state index contributed by atoms with van der Waals surface area (Å²) in [4.78, 5) is 30.2. The molecular weight excluding hydrogens is 424 g/mol. The van der Waals surface area contributed by atoms with Crippen LogP contribution in [0.25, 0.3) is 5.76 Å². The van der Waals surface area contributed by atoms with Crippen molar-refractivity contribution in [2.45, 2.75) is 26.3 Å². The number of amides is 1. The number of methoxy groups -OCH3 is 1. The highest BCUT2D eigenvalue weighted by molar-refractivity contribution is 6.46. The maximum absolute atomic E-state index is 13.2. The molecule has 1 amide bonds. The van der Waals surface area contributed by atoms with Gasteiger partial charge in [-0.1, -0.05) is 18.2 Å². The van der Waals surface area contributed by atoms with E-state index in [1.54, 1.807) is 31.9 Å². The number of aromatic amines is 1. The van der Waals surface area contributed by atoms with E-state index in [4.69, 9.17) is 9.47 Å². The molecule has 4 rings (SSSR count). The molecule has 0 aliphatic carbocycles. The smallest absolute Gasteiger partial charge is 0.295 e. The molecule has 0 unspecified atom stereocenters. The molecule has 0 radical (unpaired) electrons. The van der Waals surface area contributed by atoms with Crippen LogP contribution in [0.5, 0.6) is 5.75 Å². The van der Waals surface area contributed by atoms with Crippen LogP contribution in [0.4, 0.5) is 0 Å². The van der Waals surface area contributed by atoms with Crippen molar-refractivity contribution < 1.29 is 24.2 Å². The second-order valence-electron chi connectivity index (χ2n) is 8.35. The van der Waals surface area contributed by atoms with Crippen molar-refractivity contribution in [1.82, 2.24) is 20.0 Å². The average molecular weight is 455 g/mol. The van der Waals surface area contributed by atoms with Crippen LogP contribution in [0, 0.1) is 13.8 Å². The zero-order valence-corrected chi connectivity index (χ0v) is 19.3. The third-order valence-electron chi connectivity index (χ3n) is 6.32. The van der Waals surface area contributed by atoms with E-state index in [9.17, 15) is 14.7 Å². The molecule has 1 atom stereocenters. The summed E-state index contributed by atoms with van der Waals surface area (Å²) in [5, 5.41) is 18.2. The summed E-state index contributed by atoms with van der Waals surface area (Å²) < 4.78 is 10.9. The number of nitrogens with zero attached hydrogens (tertiary/aromatic N) is 3. The van der Waals surface area contributed by atoms with Crippen LogP contribution in [-0.4, -0.2) is 83.3 Å². The van der Waals surface area contributed by atoms with Crippen molar-refractivity contribution in [3.8, 4) is 5.75 Å². The molecule has 33 heavy (non-hydrogen) atoms. The van der Waals surface area contributed by atoms with Crippen molar-refractivity contribution in [2.75, 3.05) is 46.5 Å². The number of aliphatic hydroxyl groups is 1. The van der Waals surface area contributed by atoms with Crippen LogP contribution < -0.4 is 4.74 Å². The Morgan fingerprint density at radius 1 is 1.21 bits per heavy atom. The summed E-state index contributed by atoms with van der Waals surface area (Å²) in [6.45, 7) is 7.81. The predicted octanol–water partition coefficient (Wildman–Crippen LogP) is 2.18. The second-order valence-corrected chi connectivity index (χ2v) is 8.35. The van der Waals surface area contributed by atoms with Gasteiger partial charge >= 0.3 is 0 Å². The number of ketones is 1. The molecule has 2 saturated heterocycles.